The lowest BCUT2D eigenvalue weighted by atomic mass is 9.84. The van der Waals surface area contributed by atoms with E-state index in [0.29, 0.717) is 18.5 Å². The summed E-state index contributed by atoms with van der Waals surface area (Å²) in [6.45, 7) is 0.552. The molecule has 6 heteroatoms. The summed E-state index contributed by atoms with van der Waals surface area (Å²) in [7, 11) is 0. The second-order valence-corrected chi connectivity index (χ2v) is 6.30. The summed E-state index contributed by atoms with van der Waals surface area (Å²) in [6.07, 6.45) is 5.25. The Morgan fingerprint density at radius 3 is 2.59 bits per heavy atom. The number of aliphatic carboxylic acids is 1. The van der Waals surface area contributed by atoms with Crippen molar-refractivity contribution >= 4 is 11.7 Å². The number of hydrogen-bond acceptors (Lipinski definition) is 4. The standard InChI is InChI=1S/C16H20N2O4/c19-16(20)15-9-12-3-1-2-4-14(12)17(15)10-11-5-7-13(8-6-11)18(21)22/h5-8,12,14-15H,1-4,9-10H2,(H,19,20)/t12-,14-,15+/m1/s1. The molecule has 2 aliphatic rings. The van der Waals surface area contributed by atoms with Gasteiger partial charge in [0, 0.05) is 24.7 Å². The Labute approximate surface area is 128 Å². The average molecular weight is 304 g/mol. The van der Waals surface area contributed by atoms with Gasteiger partial charge in [-0.2, -0.15) is 0 Å². The van der Waals surface area contributed by atoms with Gasteiger partial charge in [-0.05, 0) is 30.7 Å². The topological polar surface area (TPSA) is 83.7 Å². The van der Waals surface area contributed by atoms with Crippen LogP contribution in [0.4, 0.5) is 5.69 Å². The molecule has 118 valence electrons. The minimum Gasteiger partial charge on any atom is -0.480 e. The third-order valence-corrected chi connectivity index (χ3v) is 5.02. The lowest BCUT2D eigenvalue weighted by Gasteiger charge is -2.33. The average Bonchev–Trinajstić information content (AvgIpc) is 2.87. The molecule has 2 fully saturated rings. The number of hydrogen-bond donors (Lipinski definition) is 1. The lowest BCUT2D eigenvalue weighted by Crippen LogP contribution is -2.41. The van der Waals surface area contributed by atoms with Crippen LogP contribution in [0.3, 0.4) is 0 Å². The van der Waals surface area contributed by atoms with Crippen molar-refractivity contribution in [1.29, 1.82) is 0 Å². The number of nitro benzene ring substituents is 1. The molecule has 0 amide bonds. The van der Waals surface area contributed by atoms with Crippen molar-refractivity contribution in [2.24, 2.45) is 5.92 Å². The van der Waals surface area contributed by atoms with Crippen LogP contribution in [0.25, 0.3) is 0 Å². The Kier molecular flexibility index (Phi) is 4.11. The smallest absolute Gasteiger partial charge is 0.320 e. The van der Waals surface area contributed by atoms with Crippen LogP contribution in [-0.4, -0.2) is 33.0 Å². The van der Waals surface area contributed by atoms with E-state index in [2.05, 4.69) is 4.90 Å². The van der Waals surface area contributed by atoms with Crippen molar-refractivity contribution < 1.29 is 14.8 Å². The lowest BCUT2D eigenvalue weighted by molar-refractivity contribution is -0.384. The number of non-ortho nitro benzene ring substituents is 1. The summed E-state index contributed by atoms with van der Waals surface area (Å²) in [5.41, 5.74) is 0.999. The molecular formula is C16H20N2O4. The van der Waals surface area contributed by atoms with Gasteiger partial charge in [-0.3, -0.25) is 19.8 Å². The second-order valence-electron chi connectivity index (χ2n) is 6.30. The predicted octanol–water partition coefficient (Wildman–Crippen LogP) is 2.81. The van der Waals surface area contributed by atoms with Gasteiger partial charge in [0.1, 0.15) is 6.04 Å². The molecule has 1 aliphatic carbocycles. The van der Waals surface area contributed by atoms with Gasteiger partial charge in [-0.25, -0.2) is 0 Å². The molecule has 1 aromatic carbocycles. The van der Waals surface area contributed by atoms with Gasteiger partial charge in [-0.15, -0.1) is 0 Å². The third-order valence-electron chi connectivity index (χ3n) is 5.02. The summed E-state index contributed by atoms with van der Waals surface area (Å²) in [5.74, 6) is -0.274. The molecule has 0 bridgehead atoms. The van der Waals surface area contributed by atoms with Gasteiger partial charge in [-0.1, -0.05) is 25.0 Å². The molecule has 3 atom stereocenters. The predicted molar refractivity (Wildman–Crippen MR) is 80.4 cm³/mol. The maximum atomic E-state index is 11.6. The second kappa shape index (κ2) is 6.04. The van der Waals surface area contributed by atoms with E-state index in [1.807, 2.05) is 0 Å². The van der Waals surface area contributed by atoms with Crippen molar-refractivity contribution in [2.75, 3.05) is 0 Å². The number of benzene rings is 1. The number of rotatable bonds is 4. The van der Waals surface area contributed by atoms with Crippen LogP contribution in [0.5, 0.6) is 0 Å². The number of carboxylic acids is 1. The van der Waals surface area contributed by atoms with Gasteiger partial charge >= 0.3 is 5.97 Å². The van der Waals surface area contributed by atoms with Crippen LogP contribution < -0.4 is 0 Å². The van der Waals surface area contributed by atoms with E-state index in [1.54, 1.807) is 12.1 Å². The maximum Gasteiger partial charge on any atom is 0.320 e. The van der Waals surface area contributed by atoms with Crippen LogP contribution in [0, 0.1) is 16.0 Å². The highest BCUT2D eigenvalue weighted by molar-refractivity contribution is 5.74. The number of likely N-dealkylation sites (tertiary alicyclic amines) is 1. The molecule has 1 saturated carbocycles. The molecule has 0 aromatic heterocycles. The molecule has 3 rings (SSSR count). The Balaban J connectivity index is 1.78. The van der Waals surface area contributed by atoms with E-state index in [4.69, 9.17) is 0 Å². The van der Waals surface area contributed by atoms with Gasteiger partial charge < -0.3 is 5.11 Å². The number of nitro groups is 1. The van der Waals surface area contributed by atoms with Crippen molar-refractivity contribution in [3.63, 3.8) is 0 Å². The molecule has 1 heterocycles. The highest BCUT2D eigenvalue weighted by Crippen LogP contribution is 2.40. The van der Waals surface area contributed by atoms with E-state index >= 15 is 0 Å². The first-order valence-electron chi connectivity index (χ1n) is 7.78. The van der Waals surface area contributed by atoms with E-state index in [-0.39, 0.29) is 5.69 Å². The fourth-order valence-corrected chi connectivity index (χ4v) is 3.96. The van der Waals surface area contributed by atoms with E-state index in [1.165, 1.54) is 18.6 Å². The van der Waals surface area contributed by atoms with Gasteiger partial charge in [0.2, 0.25) is 0 Å². The normalized spacial score (nSPS) is 28.3. The third kappa shape index (κ3) is 2.83. The summed E-state index contributed by atoms with van der Waals surface area (Å²) in [6, 6.07) is 6.34. The summed E-state index contributed by atoms with van der Waals surface area (Å²) in [5, 5.41) is 20.2. The molecule has 0 spiro atoms. The Bertz CT molecular complexity index is 572. The largest absolute Gasteiger partial charge is 0.480 e. The summed E-state index contributed by atoms with van der Waals surface area (Å²) < 4.78 is 0. The molecule has 0 unspecified atom stereocenters. The fourth-order valence-electron chi connectivity index (χ4n) is 3.96. The quantitative estimate of drug-likeness (QED) is 0.683. The maximum absolute atomic E-state index is 11.6. The molecule has 1 aliphatic heterocycles. The van der Waals surface area contributed by atoms with Crippen LogP contribution in [-0.2, 0) is 11.3 Å². The van der Waals surface area contributed by atoms with Gasteiger partial charge in [0.25, 0.3) is 5.69 Å². The van der Waals surface area contributed by atoms with Crippen LogP contribution in [0.1, 0.15) is 37.7 Å². The summed E-state index contributed by atoms with van der Waals surface area (Å²) in [4.78, 5) is 23.9. The Morgan fingerprint density at radius 1 is 1.27 bits per heavy atom. The Hall–Kier alpha value is -1.95. The minimum absolute atomic E-state index is 0.0653. The van der Waals surface area contributed by atoms with Crippen LogP contribution in [0.15, 0.2) is 24.3 Å². The van der Waals surface area contributed by atoms with Crippen LogP contribution >= 0.6 is 0 Å². The van der Waals surface area contributed by atoms with Crippen LogP contribution in [0.2, 0.25) is 0 Å². The highest BCUT2D eigenvalue weighted by Gasteiger charge is 2.44. The van der Waals surface area contributed by atoms with E-state index in [9.17, 15) is 20.0 Å². The zero-order valence-corrected chi connectivity index (χ0v) is 12.4. The van der Waals surface area contributed by atoms with Crippen molar-refractivity contribution in [3.05, 3.63) is 39.9 Å². The van der Waals surface area contributed by atoms with Crippen molar-refractivity contribution in [3.8, 4) is 0 Å². The van der Waals surface area contributed by atoms with Crippen molar-refractivity contribution in [1.82, 2.24) is 4.90 Å². The zero-order valence-electron chi connectivity index (χ0n) is 12.4. The fraction of sp³-hybridized carbons (Fsp3) is 0.562. The summed E-state index contributed by atoms with van der Waals surface area (Å²) >= 11 is 0. The van der Waals surface area contributed by atoms with Crippen molar-refractivity contribution in [2.45, 2.75) is 50.7 Å². The first-order chi connectivity index (χ1) is 10.6. The number of carboxylic acid groups (broad SMARTS) is 1. The van der Waals surface area contributed by atoms with E-state index in [0.717, 1.165) is 31.2 Å². The SMILES string of the molecule is O=C(O)[C@@H]1C[C@H]2CCCC[C@H]2N1Cc1ccc([N+](=O)[O-])cc1. The monoisotopic (exact) mass is 304 g/mol. The van der Waals surface area contributed by atoms with Gasteiger partial charge in [0.15, 0.2) is 0 Å². The van der Waals surface area contributed by atoms with Gasteiger partial charge in [0.05, 0.1) is 4.92 Å². The number of carbonyl (C=O) groups is 1. The molecule has 0 radical (unpaired) electrons. The molecular weight excluding hydrogens is 284 g/mol. The molecule has 1 N–H and O–H groups in total. The number of fused-ring (bicyclic) bond motifs is 1. The molecule has 22 heavy (non-hydrogen) atoms. The number of nitrogens with zero attached hydrogens (tertiary/aromatic N) is 2. The Morgan fingerprint density at radius 2 is 1.95 bits per heavy atom. The first-order valence-corrected chi connectivity index (χ1v) is 7.78. The molecule has 6 nitrogen and oxygen atoms in total. The zero-order chi connectivity index (χ0) is 15.7. The van der Waals surface area contributed by atoms with E-state index < -0.39 is 16.9 Å². The highest BCUT2D eigenvalue weighted by atomic mass is 16.6. The first kappa shape index (κ1) is 15.0. The minimum atomic E-state index is -0.753. The molecule has 1 aromatic rings. The molecule has 1 saturated heterocycles.